The van der Waals surface area contributed by atoms with Crippen molar-refractivity contribution in [1.29, 1.82) is 0 Å². The van der Waals surface area contributed by atoms with Crippen LogP contribution in [0.4, 0.5) is 0 Å². The number of carbonyl (C=O) groups excluding carboxylic acids is 2. The number of ether oxygens (including phenoxy) is 2. The molecule has 1 N–H and O–H groups in total. The molecule has 0 aliphatic carbocycles. The first kappa shape index (κ1) is 40.8. The van der Waals surface area contributed by atoms with Crippen molar-refractivity contribution < 1.29 is 37.6 Å². The van der Waals surface area contributed by atoms with E-state index >= 15 is 0 Å². The second kappa shape index (κ2) is 29.8. The number of hydrogen-bond acceptors (Lipinski definition) is 7. The third kappa shape index (κ3) is 28.9. The number of hydrogen-bond donors (Lipinski definition) is 1. The highest BCUT2D eigenvalue weighted by Gasteiger charge is 2.24. The zero-order valence-corrected chi connectivity index (χ0v) is 28.1. The van der Waals surface area contributed by atoms with Crippen molar-refractivity contribution in [3.8, 4) is 0 Å². The molecule has 0 amide bonds. The lowest BCUT2D eigenvalue weighted by Crippen LogP contribution is -2.29. The molecule has 0 bridgehead atoms. The smallest absolute Gasteiger partial charge is 0.462 e. The summed E-state index contributed by atoms with van der Waals surface area (Å²) in [5, 5.41) is 0. The van der Waals surface area contributed by atoms with Crippen LogP contribution in [0.25, 0.3) is 0 Å². The molecule has 0 saturated carbocycles. The fourth-order valence-electron chi connectivity index (χ4n) is 4.60. The summed E-state index contributed by atoms with van der Waals surface area (Å²) in [6.45, 7) is 3.79. The van der Waals surface area contributed by atoms with Crippen molar-refractivity contribution in [1.82, 2.24) is 0 Å². The van der Waals surface area contributed by atoms with E-state index < -0.39 is 26.5 Å². The van der Waals surface area contributed by atoms with E-state index in [1.54, 1.807) is 0 Å². The molecular formula is C33H63O8P. The standard InChI is InChI=1S/C33H63O8P/c1-4-6-8-10-12-14-16-17-18-20-21-23-25-27-32(34)39-29-31(30-40-42(36,37)38-3)41-33(35)28-26-24-22-19-15-13-11-9-7-5-2/h9,11,31H,4-8,10,12-30H2,1-3H3,(H,36,37)/b11-9-. The zero-order valence-electron chi connectivity index (χ0n) is 27.2. The van der Waals surface area contributed by atoms with Crippen LogP contribution in [0.2, 0.25) is 0 Å². The van der Waals surface area contributed by atoms with Gasteiger partial charge in [0.25, 0.3) is 0 Å². The van der Waals surface area contributed by atoms with Gasteiger partial charge in [0.1, 0.15) is 6.61 Å². The number of rotatable bonds is 31. The maximum absolute atomic E-state index is 12.3. The topological polar surface area (TPSA) is 108 Å². The Hall–Kier alpha value is -1.21. The van der Waals surface area contributed by atoms with Gasteiger partial charge in [-0.05, 0) is 32.1 Å². The summed E-state index contributed by atoms with van der Waals surface area (Å²) in [7, 11) is -3.19. The van der Waals surface area contributed by atoms with E-state index in [-0.39, 0.29) is 19.0 Å². The Bertz CT molecular complexity index is 712. The summed E-state index contributed by atoms with van der Waals surface area (Å²) in [6, 6.07) is 0. The Morgan fingerprint density at radius 2 is 1.12 bits per heavy atom. The Morgan fingerprint density at radius 3 is 1.64 bits per heavy atom. The minimum atomic E-state index is -4.24. The van der Waals surface area contributed by atoms with Crippen LogP contribution >= 0.6 is 7.82 Å². The molecule has 0 aromatic carbocycles. The maximum atomic E-state index is 12.3. The molecule has 8 nitrogen and oxygen atoms in total. The molecule has 0 spiro atoms. The van der Waals surface area contributed by atoms with E-state index in [1.165, 1.54) is 70.6 Å². The quantitative estimate of drug-likeness (QED) is 0.0354. The van der Waals surface area contributed by atoms with Gasteiger partial charge in [0.05, 0.1) is 6.61 Å². The van der Waals surface area contributed by atoms with Crippen molar-refractivity contribution in [3.05, 3.63) is 12.2 Å². The second-order valence-corrected chi connectivity index (χ2v) is 12.9. The number of phosphoric ester groups is 1. The minimum Gasteiger partial charge on any atom is -0.462 e. The second-order valence-electron chi connectivity index (χ2n) is 11.3. The molecule has 2 unspecified atom stereocenters. The summed E-state index contributed by atoms with van der Waals surface area (Å²) in [5.41, 5.74) is 0. The van der Waals surface area contributed by atoms with E-state index in [4.69, 9.17) is 14.0 Å². The molecule has 0 aromatic heterocycles. The van der Waals surface area contributed by atoms with E-state index in [9.17, 15) is 19.0 Å². The molecule has 0 aliphatic rings. The van der Waals surface area contributed by atoms with Crippen LogP contribution < -0.4 is 0 Å². The van der Waals surface area contributed by atoms with Crippen LogP contribution in [-0.2, 0) is 32.7 Å². The van der Waals surface area contributed by atoms with Crippen LogP contribution in [0.5, 0.6) is 0 Å². The Balaban J connectivity index is 4.09. The molecule has 0 saturated heterocycles. The largest absolute Gasteiger partial charge is 0.472 e. The van der Waals surface area contributed by atoms with E-state index in [0.717, 1.165) is 64.9 Å². The fourth-order valence-corrected chi connectivity index (χ4v) is 5.06. The molecule has 0 aromatic rings. The summed E-state index contributed by atoms with van der Waals surface area (Å²) in [5.74, 6) is -0.814. The van der Waals surface area contributed by atoms with Gasteiger partial charge >= 0.3 is 19.8 Å². The zero-order chi connectivity index (χ0) is 31.2. The molecular weight excluding hydrogens is 555 g/mol. The third-order valence-electron chi connectivity index (χ3n) is 7.24. The van der Waals surface area contributed by atoms with Gasteiger partial charge in [-0.3, -0.25) is 18.6 Å². The van der Waals surface area contributed by atoms with Crippen LogP contribution in [0, 0.1) is 0 Å². The summed E-state index contributed by atoms with van der Waals surface area (Å²) in [6.07, 6.45) is 28.4. The van der Waals surface area contributed by atoms with E-state index in [0.29, 0.717) is 12.8 Å². The molecule has 0 rings (SSSR count). The third-order valence-corrected chi connectivity index (χ3v) is 8.18. The van der Waals surface area contributed by atoms with Crippen LogP contribution in [0.15, 0.2) is 12.2 Å². The van der Waals surface area contributed by atoms with Crippen molar-refractivity contribution >= 4 is 19.8 Å². The first-order valence-electron chi connectivity index (χ1n) is 16.9. The predicted molar refractivity (Wildman–Crippen MR) is 170 cm³/mol. The predicted octanol–water partition coefficient (Wildman–Crippen LogP) is 9.77. The van der Waals surface area contributed by atoms with Crippen molar-refractivity contribution in [2.24, 2.45) is 0 Å². The number of unbranched alkanes of at least 4 members (excludes halogenated alkanes) is 18. The monoisotopic (exact) mass is 618 g/mol. The fraction of sp³-hybridized carbons (Fsp3) is 0.879. The van der Waals surface area contributed by atoms with Gasteiger partial charge in [0.15, 0.2) is 6.10 Å². The highest BCUT2D eigenvalue weighted by Crippen LogP contribution is 2.42. The van der Waals surface area contributed by atoms with Gasteiger partial charge < -0.3 is 14.4 Å². The number of carbonyl (C=O) groups is 2. The maximum Gasteiger partial charge on any atom is 0.472 e. The first-order chi connectivity index (χ1) is 20.3. The van der Waals surface area contributed by atoms with Crippen molar-refractivity contribution in [2.45, 2.75) is 168 Å². The number of phosphoric acid groups is 1. The average Bonchev–Trinajstić information content (AvgIpc) is 2.97. The lowest BCUT2D eigenvalue weighted by molar-refractivity contribution is -0.161. The van der Waals surface area contributed by atoms with Gasteiger partial charge in [-0.25, -0.2) is 4.57 Å². The molecule has 2 atom stereocenters. The summed E-state index contributed by atoms with van der Waals surface area (Å²) >= 11 is 0. The van der Waals surface area contributed by atoms with Crippen molar-refractivity contribution in [3.63, 3.8) is 0 Å². The molecule has 0 radical (unpaired) electrons. The SMILES string of the molecule is CCC/C=C\CCCCCCCC(=O)OC(COC(=O)CCCCCCCCCCCCCCC)COP(=O)(O)OC. The van der Waals surface area contributed by atoms with Gasteiger partial charge in [-0.1, -0.05) is 129 Å². The molecule has 0 aliphatic heterocycles. The summed E-state index contributed by atoms with van der Waals surface area (Å²) < 4.78 is 31.7. The lowest BCUT2D eigenvalue weighted by atomic mass is 10.0. The lowest BCUT2D eigenvalue weighted by Gasteiger charge is -2.19. The van der Waals surface area contributed by atoms with Gasteiger partial charge in [-0.2, -0.15) is 0 Å². The Kier molecular flexibility index (Phi) is 29.0. The molecule has 9 heteroatoms. The van der Waals surface area contributed by atoms with Crippen LogP contribution in [-0.4, -0.2) is 43.3 Å². The number of esters is 2. The van der Waals surface area contributed by atoms with Gasteiger partial charge in [0, 0.05) is 20.0 Å². The first-order valence-corrected chi connectivity index (χ1v) is 18.4. The minimum absolute atomic E-state index is 0.224. The molecule has 0 heterocycles. The molecule has 248 valence electrons. The van der Waals surface area contributed by atoms with E-state index in [1.807, 2.05) is 0 Å². The Morgan fingerprint density at radius 1 is 0.643 bits per heavy atom. The highest BCUT2D eigenvalue weighted by molar-refractivity contribution is 7.47. The van der Waals surface area contributed by atoms with Crippen LogP contribution in [0.1, 0.15) is 162 Å². The van der Waals surface area contributed by atoms with E-state index in [2.05, 4.69) is 30.5 Å². The normalized spacial score (nSPS) is 13.7. The van der Waals surface area contributed by atoms with Gasteiger partial charge in [-0.15, -0.1) is 0 Å². The number of allylic oxidation sites excluding steroid dienone is 2. The Labute approximate surface area is 257 Å². The van der Waals surface area contributed by atoms with Crippen molar-refractivity contribution in [2.75, 3.05) is 20.3 Å². The van der Waals surface area contributed by atoms with Gasteiger partial charge in [0.2, 0.25) is 0 Å². The summed E-state index contributed by atoms with van der Waals surface area (Å²) in [4.78, 5) is 34.1. The highest BCUT2D eigenvalue weighted by atomic mass is 31.2. The van der Waals surface area contributed by atoms with Crippen LogP contribution in [0.3, 0.4) is 0 Å². The molecule has 42 heavy (non-hydrogen) atoms. The molecule has 0 fully saturated rings. The average molecular weight is 619 g/mol.